The highest BCUT2D eigenvalue weighted by atomic mass is 19.4. The van der Waals surface area contributed by atoms with E-state index in [-0.39, 0.29) is 12.0 Å². The van der Waals surface area contributed by atoms with Crippen molar-refractivity contribution in [1.82, 2.24) is 24.2 Å². The second-order valence-corrected chi connectivity index (χ2v) is 7.56. The number of rotatable bonds is 4. The van der Waals surface area contributed by atoms with Gasteiger partial charge in [-0.3, -0.25) is 14.5 Å². The molecule has 34 heavy (non-hydrogen) atoms. The molecular formula is C22H24F3N5O4. The van der Waals surface area contributed by atoms with Crippen LogP contribution in [0.2, 0.25) is 0 Å². The first-order valence-corrected chi connectivity index (χ1v) is 10.4. The predicted molar refractivity (Wildman–Crippen MR) is 114 cm³/mol. The number of amides is 1. The van der Waals surface area contributed by atoms with Gasteiger partial charge in [0.05, 0.1) is 31.5 Å². The number of aromatic nitrogens is 4. The van der Waals surface area contributed by atoms with Crippen LogP contribution in [-0.4, -0.2) is 60.0 Å². The maximum atomic E-state index is 13.3. The number of halogens is 3. The Morgan fingerprint density at radius 3 is 2.59 bits per heavy atom. The fraction of sp³-hybridized carbons (Fsp3) is 0.364. The molecule has 3 aromatic heterocycles. The molecule has 0 aromatic carbocycles. The number of pyridine rings is 1. The molecule has 1 N–H and O–H groups in total. The fourth-order valence-electron chi connectivity index (χ4n) is 3.51. The van der Waals surface area contributed by atoms with Gasteiger partial charge in [-0.15, -0.1) is 0 Å². The van der Waals surface area contributed by atoms with Crippen LogP contribution in [-0.2, 0) is 24.4 Å². The predicted octanol–water partition coefficient (Wildman–Crippen LogP) is 3.14. The van der Waals surface area contributed by atoms with E-state index in [1.54, 1.807) is 17.1 Å². The summed E-state index contributed by atoms with van der Waals surface area (Å²) in [7, 11) is 0. The van der Waals surface area contributed by atoms with E-state index in [0.717, 1.165) is 11.4 Å². The van der Waals surface area contributed by atoms with E-state index in [9.17, 15) is 18.0 Å². The number of carboxylic acids is 1. The number of ether oxygens (including phenoxy) is 1. The topological polar surface area (TPSA) is 102 Å². The third-order valence-corrected chi connectivity index (χ3v) is 4.99. The van der Waals surface area contributed by atoms with Crippen molar-refractivity contribution in [1.29, 1.82) is 0 Å². The number of hydrogen-bond acceptors (Lipinski definition) is 5. The van der Waals surface area contributed by atoms with Crippen molar-refractivity contribution in [3.8, 4) is 5.75 Å². The van der Waals surface area contributed by atoms with Crippen LogP contribution in [0.1, 0.15) is 28.8 Å². The minimum absolute atomic E-state index is 0.0214. The molecule has 0 saturated heterocycles. The molecule has 1 aliphatic rings. The standard InChI is InChI=1S/C20H23N5O2.C2HF3O2/c1-3-25-19(10-15(2)22-25)20(26)24-12-16-6-5-9-23(16)13-18(14-24)27-17-7-4-8-21-11-17;3-2(4,5)1(6)7/h4-11,18H,3,12-14H2,1-2H3;(H,6,7). The summed E-state index contributed by atoms with van der Waals surface area (Å²) in [6.45, 7) is 6.30. The lowest BCUT2D eigenvalue weighted by atomic mass is 10.2. The first-order valence-electron chi connectivity index (χ1n) is 10.4. The summed E-state index contributed by atoms with van der Waals surface area (Å²) >= 11 is 0. The molecule has 9 nitrogen and oxygen atoms in total. The van der Waals surface area contributed by atoms with E-state index in [0.29, 0.717) is 37.6 Å². The van der Waals surface area contributed by atoms with Crippen molar-refractivity contribution in [2.75, 3.05) is 6.54 Å². The van der Waals surface area contributed by atoms with Gasteiger partial charge >= 0.3 is 12.1 Å². The molecule has 1 unspecified atom stereocenters. The molecule has 0 radical (unpaired) electrons. The van der Waals surface area contributed by atoms with E-state index in [2.05, 4.69) is 20.7 Å². The minimum Gasteiger partial charge on any atom is -0.485 e. The molecule has 4 heterocycles. The van der Waals surface area contributed by atoms with Crippen LogP contribution in [0.15, 0.2) is 48.9 Å². The van der Waals surface area contributed by atoms with E-state index in [4.69, 9.17) is 14.6 Å². The number of aliphatic carboxylic acids is 1. The van der Waals surface area contributed by atoms with Crippen LogP contribution in [0.25, 0.3) is 0 Å². The number of carbonyl (C=O) groups is 2. The van der Waals surface area contributed by atoms with Gasteiger partial charge in [0.25, 0.3) is 5.91 Å². The minimum atomic E-state index is -5.08. The fourth-order valence-corrected chi connectivity index (χ4v) is 3.51. The first-order chi connectivity index (χ1) is 16.1. The van der Waals surface area contributed by atoms with Gasteiger partial charge in [-0.1, -0.05) is 0 Å². The Kier molecular flexibility index (Phi) is 7.59. The van der Waals surface area contributed by atoms with Gasteiger partial charge in [-0.25, -0.2) is 4.79 Å². The van der Waals surface area contributed by atoms with Crippen LogP contribution < -0.4 is 4.74 Å². The summed E-state index contributed by atoms with van der Waals surface area (Å²) < 4.78 is 41.8. The average Bonchev–Trinajstić information content (AvgIpc) is 3.34. The van der Waals surface area contributed by atoms with E-state index < -0.39 is 12.1 Å². The Balaban J connectivity index is 0.000000406. The Hall–Kier alpha value is -3.83. The molecular weight excluding hydrogens is 455 g/mol. The zero-order chi connectivity index (χ0) is 24.9. The Morgan fingerprint density at radius 2 is 1.97 bits per heavy atom. The lowest BCUT2D eigenvalue weighted by Crippen LogP contribution is -2.39. The number of carboxylic acid groups (broad SMARTS) is 1. The normalized spacial score (nSPS) is 15.6. The molecule has 0 bridgehead atoms. The second-order valence-electron chi connectivity index (χ2n) is 7.56. The zero-order valence-corrected chi connectivity index (χ0v) is 18.6. The molecule has 1 amide bonds. The third kappa shape index (κ3) is 6.15. The number of aryl methyl sites for hydroxylation is 2. The van der Waals surface area contributed by atoms with Crippen LogP contribution >= 0.6 is 0 Å². The highest BCUT2D eigenvalue weighted by Gasteiger charge is 2.38. The summed E-state index contributed by atoms with van der Waals surface area (Å²) in [6, 6.07) is 9.64. The van der Waals surface area contributed by atoms with Gasteiger partial charge < -0.3 is 19.3 Å². The summed E-state index contributed by atoms with van der Waals surface area (Å²) in [5.74, 6) is -2.07. The largest absolute Gasteiger partial charge is 0.490 e. The van der Waals surface area contributed by atoms with Crippen molar-refractivity contribution in [2.24, 2.45) is 0 Å². The molecule has 0 fully saturated rings. The van der Waals surface area contributed by atoms with Crippen molar-refractivity contribution in [3.05, 3.63) is 66.0 Å². The monoisotopic (exact) mass is 479 g/mol. The molecule has 3 aromatic rings. The van der Waals surface area contributed by atoms with Gasteiger partial charge in [-0.05, 0) is 44.2 Å². The molecule has 0 aliphatic carbocycles. The van der Waals surface area contributed by atoms with Gasteiger partial charge in [0.1, 0.15) is 17.5 Å². The highest BCUT2D eigenvalue weighted by molar-refractivity contribution is 5.92. The van der Waals surface area contributed by atoms with Crippen LogP contribution in [0.5, 0.6) is 5.75 Å². The highest BCUT2D eigenvalue weighted by Crippen LogP contribution is 2.20. The number of hydrogen-bond donors (Lipinski definition) is 1. The van der Waals surface area contributed by atoms with Gasteiger partial charge in [0.15, 0.2) is 0 Å². The molecule has 12 heteroatoms. The van der Waals surface area contributed by atoms with E-state index in [1.807, 2.05) is 49.2 Å². The third-order valence-electron chi connectivity index (χ3n) is 4.99. The maximum absolute atomic E-state index is 13.3. The van der Waals surface area contributed by atoms with E-state index >= 15 is 0 Å². The average molecular weight is 479 g/mol. The molecule has 0 spiro atoms. The summed E-state index contributed by atoms with van der Waals surface area (Å²) in [6.07, 6.45) is 0.200. The molecule has 1 atom stereocenters. The molecule has 0 saturated carbocycles. The van der Waals surface area contributed by atoms with Gasteiger partial charge in [0, 0.05) is 24.6 Å². The molecule has 1 aliphatic heterocycles. The quantitative estimate of drug-likeness (QED) is 0.617. The van der Waals surface area contributed by atoms with Crippen LogP contribution in [0, 0.1) is 6.92 Å². The summed E-state index contributed by atoms with van der Waals surface area (Å²) in [5, 5.41) is 11.5. The lowest BCUT2D eigenvalue weighted by Gasteiger charge is -2.25. The number of carbonyl (C=O) groups excluding carboxylic acids is 1. The van der Waals surface area contributed by atoms with Crippen molar-refractivity contribution in [3.63, 3.8) is 0 Å². The Morgan fingerprint density at radius 1 is 1.24 bits per heavy atom. The smallest absolute Gasteiger partial charge is 0.485 e. The SMILES string of the molecule is CCn1nc(C)cc1C(=O)N1Cc2cccn2CC(Oc2cccnc2)C1.O=C(O)C(F)(F)F. The number of fused-ring (bicyclic) bond motifs is 1. The zero-order valence-electron chi connectivity index (χ0n) is 18.6. The van der Waals surface area contributed by atoms with Gasteiger partial charge in [0.2, 0.25) is 0 Å². The lowest BCUT2D eigenvalue weighted by molar-refractivity contribution is -0.192. The van der Waals surface area contributed by atoms with Crippen LogP contribution in [0.3, 0.4) is 0 Å². The second kappa shape index (κ2) is 10.4. The van der Waals surface area contributed by atoms with Crippen LogP contribution in [0.4, 0.5) is 13.2 Å². The van der Waals surface area contributed by atoms with E-state index in [1.165, 1.54) is 0 Å². The first kappa shape index (κ1) is 24.8. The van der Waals surface area contributed by atoms with Gasteiger partial charge in [-0.2, -0.15) is 18.3 Å². The number of nitrogens with zero attached hydrogens (tertiary/aromatic N) is 5. The molecule has 4 rings (SSSR count). The maximum Gasteiger partial charge on any atom is 0.490 e. The molecule has 182 valence electrons. The van der Waals surface area contributed by atoms with Crippen molar-refractivity contribution >= 4 is 11.9 Å². The number of alkyl halides is 3. The Bertz CT molecular complexity index is 1130. The Labute approximate surface area is 193 Å². The summed E-state index contributed by atoms with van der Waals surface area (Å²) in [5.41, 5.74) is 2.57. The summed E-state index contributed by atoms with van der Waals surface area (Å²) in [4.78, 5) is 28.1. The van der Waals surface area contributed by atoms with Crippen molar-refractivity contribution in [2.45, 2.75) is 45.8 Å². The van der Waals surface area contributed by atoms with Crippen molar-refractivity contribution < 1.29 is 32.6 Å².